The molecule has 0 saturated carbocycles. The number of rotatable bonds is 4. The van der Waals surface area contributed by atoms with Crippen LogP contribution in [0.3, 0.4) is 0 Å². The molecule has 1 amide bonds. The highest BCUT2D eigenvalue weighted by Crippen LogP contribution is 2.19. The lowest BCUT2D eigenvalue weighted by Gasteiger charge is -2.23. The summed E-state index contributed by atoms with van der Waals surface area (Å²) in [6.45, 7) is 11.7. The minimum atomic E-state index is 0.0523. The van der Waals surface area contributed by atoms with E-state index in [0.29, 0.717) is 12.0 Å². The van der Waals surface area contributed by atoms with Gasteiger partial charge in [-0.2, -0.15) is 0 Å². The quantitative estimate of drug-likeness (QED) is 0.924. The van der Waals surface area contributed by atoms with Gasteiger partial charge in [0.05, 0.1) is 0 Å². The largest absolute Gasteiger partial charge is 0.352 e. The fourth-order valence-corrected chi connectivity index (χ4v) is 2.80. The summed E-state index contributed by atoms with van der Waals surface area (Å²) in [5.74, 6) is 0.533. The predicted molar refractivity (Wildman–Crippen MR) is 87.7 cm³/mol. The topological polar surface area (TPSA) is 32.3 Å². The maximum Gasteiger partial charge on any atom is 0.251 e. The van der Waals surface area contributed by atoms with Crippen LogP contribution in [0.1, 0.15) is 49.2 Å². The van der Waals surface area contributed by atoms with Gasteiger partial charge in [-0.05, 0) is 55.9 Å². The summed E-state index contributed by atoms with van der Waals surface area (Å²) in [6, 6.07) is 6.80. The van der Waals surface area contributed by atoms with Crippen LogP contribution in [0.25, 0.3) is 0 Å². The zero-order valence-corrected chi connectivity index (χ0v) is 13.8. The number of carbonyl (C=O) groups is 1. The van der Waals surface area contributed by atoms with Crippen LogP contribution in [0, 0.1) is 5.92 Å². The molecule has 0 atom stereocenters. The van der Waals surface area contributed by atoms with Crippen molar-refractivity contribution in [2.24, 2.45) is 5.92 Å². The number of fused-ring (bicyclic) bond motifs is 1. The van der Waals surface area contributed by atoms with Crippen LogP contribution in [0.15, 0.2) is 18.2 Å². The molecular formula is C18H28N2O. The molecule has 1 aromatic carbocycles. The molecule has 0 bridgehead atoms. The Morgan fingerprint density at radius 1 is 1.14 bits per heavy atom. The van der Waals surface area contributed by atoms with Crippen molar-refractivity contribution in [3.63, 3.8) is 0 Å². The standard InChI is InChI=1S/C18H28N2O/c1-13(2)12-19-18(21)17-6-5-15-7-9-20(14(3)4)10-8-16(15)11-17/h5-6,11,13-14H,7-10,12H2,1-4H3,(H,19,21). The molecule has 21 heavy (non-hydrogen) atoms. The van der Waals surface area contributed by atoms with Crippen LogP contribution in [0.4, 0.5) is 0 Å². The summed E-state index contributed by atoms with van der Waals surface area (Å²) in [4.78, 5) is 14.7. The van der Waals surface area contributed by atoms with Crippen LogP contribution in [-0.2, 0) is 12.8 Å². The molecule has 1 aliphatic rings. The summed E-state index contributed by atoms with van der Waals surface area (Å²) >= 11 is 0. The van der Waals surface area contributed by atoms with E-state index in [0.717, 1.165) is 38.0 Å². The Hall–Kier alpha value is -1.35. The van der Waals surface area contributed by atoms with E-state index in [2.05, 4.69) is 50.0 Å². The lowest BCUT2D eigenvalue weighted by molar-refractivity contribution is 0.0949. The van der Waals surface area contributed by atoms with Gasteiger partial charge in [-0.1, -0.05) is 19.9 Å². The van der Waals surface area contributed by atoms with Gasteiger partial charge < -0.3 is 10.2 Å². The van der Waals surface area contributed by atoms with Gasteiger partial charge in [0.15, 0.2) is 0 Å². The summed E-state index contributed by atoms with van der Waals surface area (Å²) in [6.07, 6.45) is 2.13. The molecule has 0 spiro atoms. The molecule has 0 aliphatic carbocycles. The average molecular weight is 288 g/mol. The maximum atomic E-state index is 12.2. The SMILES string of the molecule is CC(C)CNC(=O)c1ccc2c(c1)CCN(C(C)C)CC2. The van der Waals surface area contributed by atoms with Crippen LogP contribution in [0.2, 0.25) is 0 Å². The van der Waals surface area contributed by atoms with Crippen molar-refractivity contribution in [1.82, 2.24) is 10.2 Å². The summed E-state index contributed by atoms with van der Waals surface area (Å²) in [7, 11) is 0. The Labute approximate surface area is 128 Å². The highest BCUT2D eigenvalue weighted by Gasteiger charge is 2.17. The molecule has 0 unspecified atom stereocenters. The van der Waals surface area contributed by atoms with E-state index in [1.165, 1.54) is 11.1 Å². The summed E-state index contributed by atoms with van der Waals surface area (Å²) in [5, 5.41) is 3.00. The second-order valence-electron chi connectivity index (χ2n) is 6.72. The minimum Gasteiger partial charge on any atom is -0.352 e. The first-order valence-corrected chi connectivity index (χ1v) is 8.11. The van der Waals surface area contributed by atoms with E-state index in [4.69, 9.17) is 0 Å². The number of amides is 1. The third kappa shape index (κ3) is 4.31. The molecule has 2 rings (SSSR count). The summed E-state index contributed by atoms with van der Waals surface area (Å²) in [5.41, 5.74) is 3.54. The van der Waals surface area contributed by atoms with Crippen LogP contribution >= 0.6 is 0 Å². The Morgan fingerprint density at radius 2 is 1.81 bits per heavy atom. The van der Waals surface area contributed by atoms with Gasteiger partial charge in [0.2, 0.25) is 0 Å². The zero-order valence-electron chi connectivity index (χ0n) is 13.8. The smallest absolute Gasteiger partial charge is 0.251 e. The second kappa shape index (κ2) is 7.08. The number of nitrogens with one attached hydrogen (secondary N) is 1. The third-order valence-corrected chi connectivity index (χ3v) is 4.21. The Balaban J connectivity index is 2.08. The number of carbonyl (C=O) groups excluding carboxylic acids is 1. The van der Waals surface area contributed by atoms with E-state index in [1.54, 1.807) is 0 Å². The molecule has 1 heterocycles. The molecule has 1 N–H and O–H groups in total. The van der Waals surface area contributed by atoms with Crippen LogP contribution < -0.4 is 5.32 Å². The fraction of sp³-hybridized carbons (Fsp3) is 0.611. The molecule has 116 valence electrons. The lowest BCUT2D eigenvalue weighted by atomic mass is 10.00. The molecule has 0 saturated heterocycles. The normalized spacial score (nSPS) is 15.9. The Kier molecular flexibility index (Phi) is 5.40. The van der Waals surface area contributed by atoms with E-state index in [1.807, 2.05) is 6.07 Å². The Morgan fingerprint density at radius 3 is 2.43 bits per heavy atom. The van der Waals surface area contributed by atoms with E-state index in [-0.39, 0.29) is 5.91 Å². The molecule has 0 fully saturated rings. The van der Waals surface area contributed by atoms with E-state index in [9.17, 15) is 4.79 Å². The van der Waals surface area contributed by atoms with E-state index >= 15 is 0 Å². The molecule has 1 aliphatic heterocycles. The van der Waals surface area contributed by atoms with Crippen molar-refractivity contribution in [1.29, 1.82) is 0 Å². The van der Waals surface area contributed by atoms with Crippen molar-refractivity contribution in [2.45, 2.75) is 46.6 Å². The highest BCUT2D eigenvalue weighted by molar-refractivity contribution is 5.94. The fourth-order valence-electron chi connectivity index (χ4n) is 2.80. The first-order chi connectivity index (χ1) is 9.97. The second-order valence-corrected chi connectivity index (χ2v) is 6.72. The van der Waals surface area contributed by atoms with Gasteiger partial charge in [-0.3, -0.25) is 4.79 Å². The van der Waals surface area contributed by atoms with Crippen LogP contribution in [0.5, 0.6) is 0 Å². The van der Waals surface area contributed by atoms with Crippen molar-refractivity contribution in [2.75, 3.05) is 19.6 Å². The Bertz CT molecular complexity index is 494. The van der Waals surface area contributed by atoms with Crippen molar-refractivity contribution < 1.29 is 4.79 Å². The van der Waals surface area contributed by atoms with Gasteiger partial charge in [-0.15, -0.1) is 0 Å². The van der Waals surface area contributed by atoms with Gasteiger partial charge >= 0.3 is 0 Å². The molecular weight excluding hydrogens is 260 g/mol. The predicted octanol–water partition coefficient (Wildman–Crippen LogP) is 2.88. The van der Waals surface area contributed by atoms with E-state index < -0.39 is 0 Å². The molecule has 0 aromatic heterocycles. The van der Waals surface area contributed by atoms with Gasteiger partial charge in [0.25, 0.3) is 5.91 Å². The molecule has 3 heteroatoms. The third-order valence-electron chi connectivity index (χ3n) is 4.21. The first kappa shape index (κ1) is 16.0. The number of nitrogens with zero attached hydrogens (tertiary/aromatic N) is 1. The average Bonchev–Trinajstić information content (AvgIpc) is 2.66. The van der Waals surface area contributed by atoms with Gasteiger partial charge in [0, 0.05) is 31.2 Å². The van der Waals surface area contributed by atoms with Crippen molar-refractivity contribution >= 4 is 5.91 Å². The zero-order chi connectivity index (χ0) is 15.4. The molecule has 0 radical (unpaired) electrons. The van der Waals surface area contributed by atoms with Crippen molar-refractivity contribution in [3.8, 4) is 0 Å². The number of hydrogen-bond donors (Lipinski definition) is 1. The van der Waals surface area contributed by atoms with Crippen LogP contribution in [-0.4, -0.2) is 36.5 Å². The number of hydrogen-bond acceptors (Lipinski definition) is 2. The molecule has 3 nitrogen and oxygen atoms in total. The lowest BCUT2D eigenvalue weighted by Crippen LogP contribution is -2.33. The summed E-state index contributed by atoms with van der Waals surface area (Å²) < 4.78 is 0. The molecule has 1 aromatic rings. The van der Waals surface area contributed by atoms with Crippen molar-refractivity contribution in [3.05, 3.63) is 34.9 Å². The highest BCUT2D eigenvalue weighted by atomic mass is 16.1. The monoisotopic (exact) mass is 288 g/mol. The van der Waals surface area contributed by atoms with Gasteiger partial charge in [0.1, 0.15) is 0 Å². The van der Waals surface area contributed by atoms with Gasteiger partial charge in [-0.25, -0.2) is 0 Å². The minimum absolute atomic E-state index is 0.0523. The maximum absolute atomic E-state index is 12.2. The first-order valence-electron chi connectivity index (χ1n) is 8.11. The number of benzene rings is 1.